The number of rotatable bonds is 5. The molecule has 1 aromatic carbocycles. The van der Waals surface area contributed by atoms with Crippen molar-refractivity contribution >= 4 is 23.5 Å². The monoisotopic (exact) mass is 344 g/mol. The van der Waals surface area contributed by atoms with Crippen molar-refractivity contribution in [2.24, 2.45) is 5.92 Å². The third kappa shape index (κ3) is 3.83. The third-order valence-corrected chi connectivity index (χ3v) is 5.32. The zero-order valence-corrected chi connectivity index (χ0v) is 14.4. The lowest BCUT2D eigenvalue weighted by Crippen LogP contribution is -2.35. The van der Waals surface area contributed by atoms with Gasteiger partial charge in [0, 0.05) is 24.7 Å². The molecule has 1 saturated carbocycles. The van der Waals surface area contributed by atoms with Crippen molar-refractivity contribution < 1.29 is 19.5 Å². The molecule has 2 atom stereocenters. The zero-order chi connectivity index (χ0) is 18.0. The molecule has 6 nitrogen and oxygen atoms in total. The van der Waals surface area contributed by atoms with E-state index in [1.54, 1.807) is 31.2 Å². The first kappa shape index (κ1) is 17.5. The van der Waals surface area contributed by atoms with Crippen LogP contribution in [0.4, 0.5) is 5.69 Å². The second-order valence-corrected chi connectivity index (χ2v) is 7.06. The lowest BCUT2D eigenvalue weighted by atomic mass is 10.0. The van der Waals surface area contributed by atoms with E-state index < -0.39 is 11.9 Å². The number of anilines is 1. The van der Waals surface area contributed by atoms with E-state index in [9.17, 15) is 14.4 Å². The van der Waals surface area contributed by atoms with Crippen molar-refractivity contribution in [1.82, 2.24) is 4.90 Å². The van der Waals surface area contributed by atoms with Crippen molar-refractivity contribution in [2.45, 2.75) is 51.0 Å². The molecule has 134 valence electrons. The van der Waals surface area contributed by atoms with Crippen LogP contribution in [0.25, 0.3) is 0 Å². The van der Waals surface area contributed by atoms with E-state index in [1.165, 1.54) is 0 Å². The van der Waals surface area contributed by atoms with Gasteiger partial charge in [-0.05, 0) is 37.5 Å². The molecule has 0 spiro atoms. The van der Waals surface area contributed by atoms with Crippen LogP contribution in [-0.4, -0.2) is 40.4 Å². The van der Waals surface area contributed by atoms with Gasteiger partial charge in [0.05, 0.1) is 11.8 Å². The fourth-order valence-electron chi connectivity index (χ4n) is 3.75. The fourth-order valence-corrected chi connectivity index (χ4v) is 3.75. The van der Waals surface area contributed by atoms with Crippen molar-refractivity contribution in [3.63, 3.8) is 0 Å². The number of hydrogen-bond donors (Lipinski definition) is 2. The predicted octanol–water partition coefficient (Wildman–Crippen LogP) is 2.60. The number of amides is 2. The number of nitrogens with zero attached hydrogens (tertiary/aromatic N) is 1. The second-order valence-electron chi connectivity index (χ2n) is 7.06. The Bertz CT molecular complexity index is 682. The van der Waals surface area contributed by atoms with Crippen LogP contribution >= 0.6 is 0 Å². The molecule has 1 heterocycles. The Balaban J connectivity index is 1.64. The van der Waals surface area contributed by atoms with E-state index in [2.05, 4.69) is 5.32 Å². The summed E-state index contributed by atoms with van der Waals surface area (Å²) >= 11 is 0. The summed E-state index contributed by atoms with van der Waals surface area (Å²) < 4.78 is 0. The van der Waals surface area contributed by atoms with E-state index in [0.717, 1.165) is 25.7 Å². The summed E-state index contributed by atoms with van der Waals surface area (Å²) in [6, 6.07) is 7.18. The highest BCUT2D eigenvalue weighted by Gasteiger charge is 2.38. The molecule has 0 unspecified atom stereocenters. The Morgan fingerprint density at radius 3 is 2.68 bits per heavy atom. The van der Waals surface area contributed by atoms with E-state index in [-0.39, 0.29) is 24.2 Å². The predicted molar refractivity (Wildman–Crippen MR) is 93.2 cm³/mol. The normalized spacial score (nSPS) is 22.2. The van der Waals surface area contributed by atoms with Gasteiger partial charge in [0.25, 0.3) is 0 Å². The second kappa shape index (κ2) is 7.25. The smallest absolute Gasteiger partial charge is 0.310 e. The molecule has 1 aliphatic carbocycles. The number of aliphatic carboxylic acids is 1. The molecule has 25 heavy (non-hydrogen) atoms. The molecule has 3 rings (SSSR count). The van der Waals surface area contributed by atoms with Crippen LogP contribution in [0.1, 0.15) is 50.5 Å². The summed E-state index contributed by atoms with van der Waals surface area (Å²) in [5.74, 6) is -1.98. The minimum atomic E-state index is -0.905. The van der Waals surface area contributed by atoms with Crippen molar-refractivity contribution in [3.8, 4) is 0 Å². The molecular weight excluding hydrogens is 320 g/mol. The lowest BCUT2D eigenvalue weighted by molar-refractivity contribution is -0.138. The first-order valence-corrected chi connectivity index (χ1v) is 8.89. The van der Waals surface area contributed by atoms with Crippen LogP contribution < -0.4 is 5.32 Å². The Hall–Kier alpha value is -2.37. The zero-order valence-electron chi connectivity index (χ0n) is 14.4. The topological polar surface area (TPSA) is 86.7 Å². The quantitative estimate of drug-likeness (QED) is 0.859. The van der Waals surface area contributed by atoms with Gasteiger partial charge in [-0.15, -0.1) is 0 Å². The Labute approximate surface area is 147 Å². The molecule has 1 aromatic rings. The molecule has 2 N–H and O–H groups in total. The number of benzene rings is 1. The maximum absolute atomic E-state index is 12.5. The molecule has 2 aliphatic rings. The summed E-state index contributed by atoms with van der Waals surface area (Å²) in [7, 11) is 0. The highest BCUT2D eigenvalue weighted by molar-refractivity contribution is 5.97. The minimum Gasteiger partial charge on any atom is -0.481 e. The van der Waals surface area contributed by atoms with Crippen LogP contribution in [-0.2, 0) is 14.4 Å². The molecule has 0 radical (unpaired) electrons. The third-order valence-electron chi connectivity index (χ3n) is 5.32. The van der Waals surface area contributed by atoms with Crippen molar-refractivity contribution in [1.29, 1.82) is 0 Å². The van der Waals surface area contributed by atoms with Crippen molar-refractivity contribution in [3.05, 3.63) is 29.8 Å². The van der Waals surface area contributed by atoms with Gasteiger partial charge in [-0.25, -0.2) is 0 Å². The number of nitrogens with one attached hydrogen (secondary N) is 1. The van der Waals surface area contributed by atoms with E-state index in [1.807, 2.05) is 4.90 Å². The van der Waals surface area contributed by atoms with Crippen LogP contribution in [0.5, 0.6) is 0 Å². The molecule has 6 heteroatoms. The number of hydrogen-bond acceptors (Lipinski definition) is 3. The number of likely N-dealkylation sites (tertiary alicyclic amines) is 1. The van der Waals surface area contributed by atoms with Gasteiger partial charge in [0.2, 0.25) is 11.8 Å². The maximum atomic E-state index is 12.5. The minimum absolute atomic E-state index is 0.0697. The van der Waals surface area contributed by atoms with Gasteiger partial charge >= 0.3 is 5.97 Å². The average molecular weight is 344 g/mol. The average Bonchev–Trinajstić information content (AvgIpc) is 3.23. The summed E-state index contributed by atoms with van der Waals surface area (Å²) in [6.07, 6.45) is 4.64. The van der Waals surface area contributed by atoms with Gasteiger partial charge in [-0.2, -0.15) is 0 Å². The van der Waals surface area contributed by atoms with Crippen LogP contribution in [0.3, 0.4) is 0 Å². The van der Waals surface area contributed by atoms with Crippen LogP contribution in [0, 0.1) is 5.92 Å². The molecule has 2 fully saturated rings. The molecule has 0 aromatic heterocycles. The number of carbonyl (C=O) groups is 3. The molecular formula is C19H24N2O4. The van der Waals surface area contributed by atoms with E-state index >= 15 is 0 Å². The van der Waals surface area contributed by atoms with Gasteiger partial charge < -0.3 is 15.3 Å². The highest BCUT2D eigenvalue weighted by atomic mass is 16.4. The summed E-state index contributed by atoms with van der Waals surface area (Å²) in [6.45, 7) is 2.10. The highest BCUT2D eigenvalue weighted by Crippen LogP contribution is 2.30. The maximum Gasteiger partial charge on any atom is 0.310 e. The molecule has 1 aliphatic heterocycles. The van der Waals surface area contributed by atoms with E-state index in [0.29, 0.717) is 23.8 Å². The van der Waals surface area contributed by atoms with Gasteiger partial charge in [0.15, 0.2) is 0 Å². The standard InChI is InChI=1S/C19H24N2O4/c1-12(19(24)25)13-5-4-6-15(9-13)20-18(23)14-10-17(22)21(11-14)16-7-2-3-8-16/h4-6,9,12,14,16H,2-3,7-8,10-11H2,1H3,(H,20,23)(H,24,25)/t12-,14+/m1/s1. The number of carboxylic acid groups (broad SMARTS) is 1. The van der Waals surface area contributed by atoms with Crippen LogP contribution in [0.2, 0.25) is 0 Å². The first-order valence-electron chi connectivity index (χ1n) is 8.89. The number of carbonyl (C=O) groups excluding carboxylic acids is 2. The van der Waals surface area contributed by atoms with Gasteiger partial charge in [-0.3, -0.25) is 14.4 Å². The summed E-state index contributed by atoms with van der Waals surface area (Å²) in [5, 5.41) is 12.0. The number of carboxylic acids is 1. The summed E-state index contributed by atoms with van der Waals surface area (Å²) in [5.41, 5.74) is 1.21. The van der Waals surface area contributed by atoms with Gasteiger partial charge in [-0.1, -0.05) is 25.0 Å². The fraction of sp³-hybridized carbons (Fsp3) is 0.526. The lowest BCUT2D eigenvalue weighted by Gasteiger charge is -2.23. The molecule has 0 bridgehead atoms. The van der Waals surface area contributed by atoms with E-state index in [4.69, 9.17) is 5.11 Å². The van der Waals surface area contributed by atoms with Crippen LogP contribution in [0.15, 0.2) is 24.3 Å². The Morgan fingerprint density at radius 1 is 1.28 bits per heavy atom. The molecule has 1 saturated heterocycles. The van der Waals surface area contributed by atoms with Gasteiger partial charge in [0.1, 0.15) is 0 Å². The van der Waals surface area contributed by atoms with Crippen molar-refractivity contribution in [2.75, 3.05) is 11.9 Å². The SMILES string of the molecule is C[C@@H](C(=O)O)c1cccc(NC(=O)[C@H]2CC(=O)N(C3CCCC3)C2)c1. The Kier molecular flexibility index (Phi) is 5.06. The largest absolute Gasteiger partial charge is 0.481 e. The Morgan fingerprint density at radius 2 is 2.00 bits per heavy atom. The molecule has 2 amide bonds. The summed E-state index contributed by atoms with van der Waals surface area (Å²) in [4.78, 5) is 37.7. The first-order chi connectivity index (χ1) is 12.0.